The second kappa shape index (κ2) is 5.58. The Morgan fingerprint density at radius 1 is 1.53 bits per heavy atom. The Balaban J connectivity index is 2.15. The van der Waals surface area contributed by atoms with Gasteiger partial charge in [0.05, 0.1) is 6.10 Å². The van der Waals surface area contributed by atoms with Gasteiger partial charge < -0.3 is 9.84 Å². The molecule has 0 bridgehead atoms. The fraction of sp³-hybridized carbons (Fsp3) is 0.545. The van der Waals surface area contributed by atoms with Gasteiger partial charge in [0, 0.05) is 13.2 Å². The van der Waals surface area contributed by atoms with Gasteiger partial charge in [0.1, 0.15) is 9.77 Å². The van der Waals surface area contributed by atoms with Gasteiger partial charge in [-0.05, 0) is 30.7 Å². The number of thiophene rings is 1. The number of hydrogen-bond donors (Lipinski definition) is 2. The summed E-state index contributed by atoms with van der Waals surface area (Å²) in [7, 11) is -2.18. The van der Waals surface area contributed by atoms with Gasteiger partial charge in [0.25, 0.3) is 0 Å². The SMILES string of the molecule is COC1CCC(NS(=O)(=O)c2ccsc2C(=O)O)C1. The lowest BCUT2D eigenvalue weighted by molar-refractivity contribution is 0.0698. The Hall–Kier alpha value is -0.960. The Morgan fingerprint density at radius 2 is 2.26 bits per heavy atom. The van der Waals surface area contributed by atoms with Crippen LogP contribution in [0.15, 0.2) is 16.3 Å². The molecule has 1 saturated carbocycles. The minimum atomic E-state index is -3.78. The quantitative estimate of drug-likeness (QED) is 0.855. The van der Waals surface area contributed by atoms with E-state index in [1.165, 1.54) is 11.4 Å². The van der Waals surface area contributed by atoms with Gasteiger partial charge in [0.2, 0.25) is 10.0 Å². The standard InChI is InChI=1S/C11H15NO5S2/c1-17-8-3-2-7(6-8)12-19(15,16)9-4-5-18-10(9)11(13)14/h4-5,7-8,12H,2-3,6H2,1H3,(H,13,14). The van der Waals surface area contributed by atoms with E-state index in [9.17, 15) is 13.2 Å². The molecule has 2 rings (SSSR count). The van der Waals surface area contributed by atoms with E-state index in [0.29, 0.717) is 12.8 Å². The zero-order chi connectivity index (χ0) is 14.0. The molecule has 1 heterocycles. The van der Waals surface area contributed by atoms with Crippen molar-refractivity contribution in [1.82, 2.24) is 4.72 Å². The molecule has 0 amide bonds. The van der Waals surface area contributed by atoms with Crippen molar-refractivity contribution in [2.45, 2.75) is 36.3 Å². The molecule has 0 aliphatic heterocycles. The number of carboxylic acid groups (broad SMARTS) is 1. The van der Waals surface area contributed by atoms with Gasteiger partial charge in [0.15, 0.2) is 0 Å². The van der Waals surface area contributed by atoms with Crippen molar-refractivity contribution >= 4 is 27.3 Å². The summed E-state index contributed by atoms with van der Waals surface area (Å²) in [6.07, 6.45) is 2.18. The van der Waals surface area contributed by atoms with Crippen LogP contribution < -0.4 is 4.72 Å². The molecule has 0 aromatic carbocycles. The van der Waals surface area contributed by atoms with Gasteiger partial charge in [-0.15, -0.1) is 11.3 Å². The smallest absolute Gasteiger partial charge is 0.347 e. The third-order valence-electron chi connectivity index (χ3n) is 3.15. The molecule has 106 valence electrons. The van der Waals surface area contributed by atoms with Crippen LogP contribution in [-0.4, -0.2) is 38.7 Å². The largest absolute Gasteiger partial charge is 0.477 e. The molecule has 1 aromatic heterocycles. The second-order valence-corrected chi connectivity index (χ2v) is 7.01. The van der Waals surface area contributed by atoms with Crippen molar-refractivity contribution < 1.29 is 23.1 Å². The molecule has 0 saturated heterocycles. The Kier molecular flexibility index (Phi) is 4.24. The highest BCUT2D eigenvalue weighted by molar-refractivity contribution is 7.89. The molecule has 2 N–H and O–H groups in total. The van der Waals surface area contributed by atoms with E-state index >= 15 is 0 Å². The number of carbonyl (C=O) groups is 1. The predicted molar refractivity (Wildman–Crippen MR) is 70.0 cm³/mol. The van der Waals surface area contributed by atoms with Crippen LogP contribution in [-0.2, 0) is 14.8 Å². The van der Waals surface area contributed by atoms with Crippen LogP contribution in [0.2, 0.25) is 0 Å². The van der Waals surface area contributed by atoms with E-state index in [1.807, 2.05) is 0 Å². The first-order valence-corrected chi connectivity index (χ1v) is 8.16. The summed E-state index contributed by atoms with van der Waals surface area (Å²) in [4.78, 5) is 10.6. The minimum absolute atomic E-state index is 0.0640. The van der Waals surface area contributed by atoms with Gasteiger partial charge in [-0.3, -0.25) is 0 Å². The molecule has 8 heteroatoms. The van der Waals surface area contributed by atoms with Crippen LogP contribution in [0.4, 0.5) is 0 Å². The van der Waals surface area contributed by atoms with Crippen LogP contribution in [0.3, 0.4) is 0 Å². The highest BCUT2D eigenvalue weighted by atomic mass is 32.2. The van der Waals surface area contributed by atoms with Crippen molar-refractivity contribution in [2.24, 2.45) is 0 Å². The van der Waals surface area contributed by atoms with E-state index in [4.69, 9.17) is 9.84 Å². The molecule has 1 aliphatic carbocycles. The van der Waals surface area contributed by atoms with Gasteiger partial charge in [-0.25, -0.2) is 17.9 Å². The molecule has 1 fully saturated rings. The predicted octanol–water partition coefficient (Wildman–Crippen LogP) is 1.29. The summed E-state index contributed by atoms with van der Waals surface area (Å²) in [5.74, 6) is -1.23. The zero-order valence-corrected chi connectivity index (χ0v) is 12.0. The molecular weight excluding hydrogens is 290 g/mol. The third kappa shape index (κ3) is 3.14. The number of sulfonamides is 1. The number of rotatable bonds is 5. The van der Waals surface area contributed by atoms with Gasteiger partial charge >= 0.3 is 5.97 Å². The summed E-state index contributed by atoms with van der Waals surface area (Å²) >= 11 is 0.904. The lowest BCUT2D eigenvalue weighted by Crippen LogP contribution is -2.33. The van der Waals surface area contributed by atoms with Crippen LogP contribution in [0.1, 0.15) is 28.9 Å². The number of hydrogen-bond acceptors (Lipinski definition) is 5. The van der Waals surface area contributed by atoms with E-state index in [2.05, 4.69) is 4.72 Å². The van der Waals surface area contributed by atoms with Crippen LogP contribution >= 0.6 is 11.3 Å². The average Bonchev–Trinajstić information content (AvgIpc) is 2.95. The van der Waals surface area contributed by atoms with Crippen molar-refractivity contribution in [3.8, 4) is 0 Å². The molecule has 2 unspecified atom stereocenters. The highest BCUT2D eigenvalue weighted by Gasteiger charge is 2.31. The fourth-order valence-electron chi connectivity index (χ4n) is 2.21. The monoisotopic (exact) mass is 305 g/mol. The third-order valence-corrected chi connectivity index (χ3v) is 5.75. The first-order valence-electron chi connectivity index (χ1n) is 5.80. The molecular formula is C11H15NO5S2. The summed E-state index contributed by atoms with van der Waals surface area (Å²) in [5, 5.41) is 10.4. The van der Waals surface area contributed by atoms with Crippen LogP contribution in [0.25, 0.3) is 0 Å². The molecule has 0 radical (unpaired) electrons. The molecule has 6 nitrogen and oxygen atoms in total. The van der Waals surface area contributed by atoms with Crippen molar-refractivity contribution in [3.05, 3.63) is 16.3 Å². The van der Waals surface area contributed by atoms with Crippen LogP contribution in [0.5, 0.6) is 0 Å². The van der Waals surface area contributed by atoms with E-state index in [0.717, 1.165) is 17.8 Å². The van der Waals surface area contributed by atoms with Crippen molar-refractivity contribution in [3.63, 3.8) is 0 Å². The Bertz CT molecular complexity index is 565. The van der Waals surface area contributed by atoms with Gasteiger partial charge in [-0.2, -0.15) is 0 Å². The number of methoxy groups -OCH3 is 1. The molecule has 1 aliphatic rings. The van der Waals surface area contributed by atoms with Crippen LogP contribution in [0, 0.1) is 0 Å². The topological polar surface area (TPSA) is 92.7 Å². The minimum Gasteiger partial charge on any atom is -0.477 e. The first-order chi connectivity index (χ1) is 8.94. The zero-order valence-electron chi connectivity index (χ0n) is 10.3. The van der Waals surface area contributed by atoms with E-state index in [1.54, 1.807) is 7.11 Å². The number of aromatic carboxylic acids is 1. The molecule has 19 heavy (non-hydrogen) atoms. The normalized spacial score (nSPS) is 23.6. The Morgan fingerprint density at radius 3 is 2.84 bits per heavy atom. The Labute approximate surface area is 115 Å². The lowest BCUT2D eigenvalue weighted by atomic mass is 10.3. The maximum Gasteiger partial charge on any atom is 0.347 e. The van der Waals surface area contributed by atoms with Crippen molar-refractivity contribution in [1.29, 1.82) is 0 Å². The highest BCUT2D eigenvalue weighted by Crippen LogP contribution is 2.26. The van der Waals surface area contributed by atoms with E-state index in [-0.39, 0.29) is 21.9 Å². The van der Waals surface area contributed by atoms with E-state index < -0.39 is 16.0 Å². The summed E-state index contributed by atoms with van der Waals surface area (Å²) < 4.78 is 32.1. The number of nitrogens with one attached hydrogen (secondary N) is 1. The number of carboxylic acids is 1. The maximum atomic E-state index is 12.2. The second-order valence-electron chi connectivity index (χ2n) is 4.41. The first kappa shape index (κ1) is 14.4. The molecule has 1 aromatic rings. The molecule has 0 spiro atoms. The summed E-state index contributed by atoms with van der Waals surface area (Å²) in [6.45, 7) is 0. The summed E-state index contributed by atoms with van der Waals surface area (Å²) in [6, 6.07) is 1.12. The number of ether oxygens (including phenoxy) is 1. The fourth-order valence-corrected chi connectivity index (χ4v) is 4.75. The molecule has 2 atom stereocenters. The van der Waals surface area contributed by atoms with Gasteiger partial charge in [-0.1, -0.05) is 0 Å². The van der Waals surface area contributed by atoms with Crippen molar-refractivity contribution in [2.75, 3.05) is 7.11 Å². The lowest BCUT2D eigenvalue weighted by Gasteiger charge is -2.13. The average molecular weight is 305 g/mol. The maximum absolute atomic E-state index is 12.2. The summed E-state index contributed by atoms with van der Waals surface area (Å²) in [5.41, 5.74) is 0.